The third-order valence-corrected chi connectivity index (χ3v) is 5.51. The molecule has 2 aromatic carbocycles. The second kappa shape index (κ2) is 6.84. The van der Waals surface area contributed by atoms with Crippen molar-refractivity contribution in [3.63, 3.8) is 0 Å². The molecule has 0 amide bonds. The van der Waals surface area contributed by atoms with E-state index in [4.69, 9.17) is 0 Å². The molecule has 0 aliphatic carbocycles. The summed E-state index contributed by atoms with van der Waals surface area (Å²) in [4.78, 5) is 11.1. The molecule has 0 atom stereocenters. The Labute approximate surface area is 155 Å². The Kier molecular flexibility index (Phi) is 4.71. The third kappa shape index (κ3) is 3.54. The van der Waals surface area contributed by atoms with Gasteiger partial charge in [0.2, 0.25) is 0 Å². The first-order valence-electron chi connectivity index (χ1n) is 7.86. The van der Waals surface area contributed by atoms with Gasteiger partial charge in [-0.05, 0) is 49.2 Å². The van der Waals surface area contributed by atoms with E-state index in [0.717, 1.165) is 12.1 Å². The smallest absolute Gasteiger partial charge is 0.335 e. The van der Waals surface area contributed by atoms with Crippen LogP contribution < -0.4 is 4.72 Å². The van der Waals surface area contributed by atoms with Gasteiger partial charge in [-0.3, -0.25) is 4.72 Å². The second-order valence-corrected chi connectivity index (χ2v) is 7.58. The fourth-order valence-electron chi connectivity index (χ4n) is 2.76. The van der Waals surface area contributed by atoms with Crippen LogP contribution in [0.4, 0.5) is 10.1 Å². The van der Waals surface area contributed by atoms with Gasteiger partial charge in [-0.1, -0.05) is 12.1 Å². The maximum absolute atomic E-state index is 14.4. The lowest BCUT2D eigenvalue weighted by atomic mass is 10.1. The molecule has 0 unspecified atom stereocenters. The molecule has 140 valence electrons. The standard InChI is InChI=1S/C18H16FN3O4S/c1-11-9-12(2)16(10-13(11)18(23)24)27(25,26)21-17-14(19)5-3-6-15(17)22-8-4-7-20-22/h3-10,21H,1-2H3,(H,23,24). The molecule has 0 saturated carbocycles. The van der Waals surface area contributed by atoms with Gasteiger partial charge >= 0.3 is 5.97 Å². The number of carboxylic acids is 1. The number of sulfonamides is 1. The first kappa shape index (κ1) is 18.6. The van der Waals surface area contributed by atoms with Crippen LogP contribution in [0.2, 0.25) is 0 Å². The van der Waals surface area contributed by atoms with Crippen molar-refractivity contribution in [3.8, 4) is 5.69 Å². The van der Waals surface area contributed by atoms with Crippen LogP contribution in [0.25, 0.3) is 5.69 Å². The predicted molar refractivity (Wildman–Crippen MR) is 97.2 cm³/mol. The molecule has 1 heterocycles. The number of carboxylic acid groups (broad SMARTS) is 1. The van der Waals surface area contributed by atoms with Crippen LogP contribution in [0.3, 0.4) is 0 Å². The molecule has 0 bridgehead atoms. The zero-order valence-corrected chi connectivity index (χ0v) is 15.3. The summed E-state index contributed by atoms with van der Waals surface area (Å²) in [6, 6.07) is 8.22. The zero-order chi connectivity index (χ0) is 19.8. The van der Waals surface area contributed by atoms with E-state index in [2.05, 4.69) is 9.82 Å². The normalized spacial score (nSPS) is 11.4. The maximum Gasteiger partial charge on any atom is 0.335 e. The number of benzene rings is 2. The fourth-order valence-corrected chi connectivity index (χ4v) is 4.09. The predicted octanol–water partition coefficient (Wildman–Crippen LogP) is 3.13. The van der Waals surface area contributed by atoms with Gasteiger partial charge in [0.1, 0.15) is 11.5 Å². The first-order chi connectivity index (χ1) is 12.7. The van der Waals surface area contributed by atoms with Gasteiger partial charge in [-0.2, -0.15) is 5.10 Å². The Balaban J connectivity index is 2.12. The van der Waals surface area contributed by atoms with E-state index in [1.54, 1.807) is 26.1 Å². The highest BCUT2D eigenvalue weighted by molar-refractivity contribution is 7.92. The number of aromatic nitrogens is 2. The molecule has 2 N–H and O–H groups in total. The maximum atomic E-state index is 14.4. The van der Waals surface area contributed by atoms with Gasteiger partial charge in [0, 0.05) is 12.4 Å². The lowest BCUT2D eigenvalue weighted by molar-refractivity contribution is 0.0696. The molecule has 0 radical (unpaired) electrons. The molecule has 7 nitrogen and oxygen atoms in total. The molecule has 9 heteroatoms. The van der Waals surface area contributed by atoms with Crippen LogP contribution in [0.15, 0.2) is 53.7 Å². The Bertz CT molecular complexity index is 1130. The number of para-hydroxylation sites is 1. The minimum absolute atomic E-state index is 0.137. The Morgan fingerprint density at radius 1 is 1.19 bits per heavy atom. The number of aryl methyl sites for hydroxylation is 2. The van der Waals surface area contributed by atoms with Crippen molar-refractivity contribution in [1.29, 1.82) is 0 Å². The van der Waals surface area contributed by atoms with Crippen LogP contribution in [-0.2, 0) is 10.0 Å². The molecular formula is C18H16FN3O4S. The number of halogens is 1. The number of anilines is 1. The summed E-state index contributed by atoms with van der Waals surface area (Å²) in [6.45, 7) is 3.12. The summed E-state index contributed by atoms with van der Waals surface area (Å²) in [6.07, 6.45) is 3.03. The summed E-state index contributed by atoms with van der Waals surface area (Å²) < 4.78 is 43.7. The third-order valence-electron chi connectivity index (χ3n) is 4.02. The zero-order valence-electron chi connectivity index (χ0n) is 14.5. The molecule has 0 fully saturated rings. The van der Waals surface area contributed by atoms with E-state index < -0.39 is 21.8 Å². The Hall–Kier alpha value is -3.20. The number of nitrogens with one attached hydrogen (secondary N) is 1. The monoisotopic (exact) mass is 389 g/mol. The minimum atomic E-state index is -4.25. The van der Waals surface area contributed by atoms with Crippen LogP contribution in [0, 0.1) is 19.7 Å². The minimum Gasteiger partial charge on any atom is -0.478 e. The van der Waals surface area contributed by atoms with Crippen molar-refractivity contribution in [1.82, 2.24) is 9.78 Å². The van der Waals surface area contributed by atoms with E-state index in [-0.39, 0.29) is 21.8 Å². The summed E-state index contributed by atoms with van der Waals surface area (Å²) >= 11 is 0. The summed E-state index contributed by atoms with van der Waals surface area (Å²) in [5.74, 6) is -2.03. The summed E-state index contributed by atoms with van der Waals surface area (Å²) in [7, 11) is -4.25. The van der Waals surface area contributed by atoms with Crippen LogP contribution in [-0.4, -0.2) is 29.3 Å². The van der Waals surface area contributed by atoms with E-state index in [1.807, 2.05) is 0 Å². The number of nitrogens with zero attached hydrogens (tertiary/aromatic N) is 2. The van der Waals surface area contributed by atoms with Crippen LogP contribution in [0.5, 0.6) is 0 Å². The van der Waals surface area contributed by atoms with Gasteiger partial charge in [0.15, 0.2) is 0 Å². The van der Waals surface area contributed by atoms with Crippen molar-refractivity contribution < 1.29 is 22.7 Å². The molecule has 1 aromatic heterocycles. The fraction of sp³-hybridized carbons (Fsp3) is 0.111. The molecule has 27 heavy (non-hydrogen) atoms. The highest BCUT2D eigenvalue weighted by Crippen LogP contribution is 2.28. The SMILES string of the molecule is Cc1cc(C)c(S(=O)(=O)Nc2c(F)cccc2-n2cccn2)cc1C(=O)O. The highest BCUT2D eigenvalue weighted by atomic mass is 32.2. The van der Waals surface area contributed by atoms with Gasteiger partial charge in [0.05, 0.1) is 16.1 Å². The van der Waals surface area contributed by atoms with E-state index in [0.29, 0.717) is 11.1 Å². The van der Waals surface area contributed by atoms with Gasteiger partial charge in [-0.15, -0.1) is 0 Å². The van der Waals surface area contributed by atoms with E-state index >= 15 is 0 Å². The largest absolute Gasteiger partial charge is 0.478 e. The summed E-state index contributed by atoms with van der Waals surface area (Å²) in [5.41, 5.74) is 0.565. The van der Waals surface area contributed by atoms with Gasteiger partial charge in [0.25, 0.3) is 10.0 Å². The van der Waals surface area contributed by atoms with Crippen LogP contribution >= 0.6 is 0 Å². The molecule has 3 rings (SSSR count). The van der Waals surface area contributed by atoms with Crippen molar-refractivity contribution in [2.24, 2.45) is 0 Å². The molecular weight excluding hydrogens is 373 g/mol. The quantitative estimate of drug-likeness (QED) is 0.698. The van der Waals surface area contributed by atoms with Crippen molar-refractivity contribution in [2.45, 2.75) is 18.7 Å². The topological polar surface area (TPSA) is 101 Å². The second-order valence-electron chi connectivity index (χ2n) is 5.93. The Morgan fingerprint density at radius 3 is 2.56 bits per heavy atom. The number of hydrogen-bond acceptors (Lipinski definition) is 4. The molecule has 3 aromatic rings. The van der Waals surface area contributed by atoms with Gasteiger partial charge in [-0.25, -0.2) is 22.3 Å². The number of aromatic carboxylic acids is 1. The van der Waals surface area contributed by atoms with Crippen molar-refractivity contribution in [3.05, 3.63) is 71.3 Å². The molecule has 0 spiro atoms. The lowest BCUT2D eigenvalue weighted by Gasteiger charge is -2.16. The van der Waals surface area contributed by atoms with Crippen molar-refractivity contribution >= 4 is 21.7 Å². The van der Waals surface area contributed by atoms with E-state index in [1.165, 1.54) is 29.1 Å². The van der Waals surface area contributed by atoms with Gasteiger partial charge < -0.3 is 5.11 Å². The van der Waals surface area contributed by atoms with Crippen LogP contribution in [0.1, 0.15) is 21.5 Å². The summed E-state index contributed by atoms with van der Waals surface area (Å²) in [5, 5.41) is 13.3. The molecule has 0 aliphatic heterocycles. The van der Waals surface area contributed by atoms with E-state index in [9.17, 15) is 22.7 Å². The highest BCUT2D eigenvalue weighted by Gasteiger charge is 2.24. The first-order valence-corrected chi connectivity index (χ1v) is 9.35. The molecule has 0 aliphatic rings. The average molecular weight is 389 g/mol. The lowest BCUT2D eigenvalue weighted by Crippen LogP contribution is -2.18. The number of carbonyl (C=O) groups is 1. The number of hydrogen-bond donors (Lipinski definition) is 2. The Morgan fingerprint density at radius 2 is 1.93 bits per heavy atom. The average Bonchev–Trinajstić information content (AvgIpc) is 3.10. The van der Waals surface area contributed by atoms with Crippen molar-refractivity contribution in [2.75, 3.05) is 4.72 Å². The molecule has 0 saturated heterocycles. The number of rotatable bonds is 5.